The number of carbonyl (C=O) groups excluding carboxylic acids is 1. The van der Waals surface area contributed by atoms with E-state index in [1.807, 2.05) is 21.0 Å². The van der Waals surface area contributed by atoms with Crippen LogP contribution < -0.4 is 11.1 Å². The molecule has 0 aromatic heterocycles. The molecule has 0 radical (unpaired) electrons. The first-order chi connectivity index (χ1) is 6.49. The standard InChI is InChI=1S/C7H11NO3.C2H7N/c1-2-3-5(7(10)11)4-6(8)9;1-3-2/h4H,2-3H2,1H3,(H2,8,9)(H,10,11);3H,1-2H3/b5-4-;. The maximum atomic E-state index is 10.3. The lowest BCUT2D eigenvalue weighted by molar-refractivity contribution is -0.133. The zero-order valence-electron chi connectivity index (χ0n) is 8.83. The molecule has 5 nitrogen and oxygen atoms in total. The number of rotatable bonds is 4. The first kappa shape index (κ1) is 15.1. The molecule has 0 aliphatic heterocycles. The Morgan fingerprint density at radius 1 is 1.43 bits per heavy atom. The molecular weight excluding hydrogens is 184 g/mol. The molecular formula is C9H18N2O3. The van der Waals surface area contributed by atoms with E-state index in [1.54, 1.807) is 0 Å². The molecule has 0 unspecified atom stereocenters. The quantitative estimate of drug-likeness (QED) is 0.564. The molecule has 14 heavy (non-hydrogen) atoms. The van der Waals surface area contributed by atoms with Crippen molar-refractivity contribution >= 4 is 11.9 Å². The number of nitrogens with two attached hydrogens (primary N) is 1. The van der Waals surface area contributed by atoms with Gasteiger partial charge in [0, 0.05) is 11.6 Å². The number of aliphatic carboxylic acids is 1. The van der Waals surface area contributed by atoms with Crippen molar-refractivity contribution in [3.8, 4) is 0 Å². The van der Waals surface area contributed by atoms with Gasteiger partial charge in [0.15, 0.2) is 0 Å². The predicted molar refractivity (Wildman–Crippen MR) is 54.8 cm³/mol. The molecule has 0 rings (SSSR count). The Morgan fingerprint density at radius 2 is 1.86 bits per heavy atom. The van der Waals surface area contributed by atoms with Gasteiger partial charge in [0.2, 0.25) is 5.91 Å². The number of carbonyl (C=O) groups is 2. The zero-order valence-corrected chi connectivity index (χ0v) is 8.83. The van der Waals surface area contributed by atoms with E-state index in [0.29, 0.717) is 12.8 Å². The van der Waals surface area contributed by atoms with Crippen LogP contribution >= 0.6 is 0 Å². The number of hydrogen-bond acceptors (Lipinski definition) is 3. The lowest BCUT2D eigenvalue weighted by Crippen LogP contribution is -2.10. The van der Waals surface area contributed by atoms with Crippen molar-refractivity contribution in [3.63, 3.8) is 0 Å². The smallest absolute Gasteiger partial charge is 0.331 e. The first-order valence-corrected chi connectivity index (χ1v) is 4.31. The van der Waals surface area contributed by atoms with Gasteiger partial charge in [-0.1, -0.05) is 13.3 Å². The third kappa shape index (κ3) is 10.6. The zero-order chi connectivity index (χ0) is 11.6. The Labute approximate surface area is 84.0 Å². The Kier molecular flexibility index (Phi) is 10.5. The summed E-state index contributed by atoms with van der Waals surface area (Å²) in [6.07, 6.45) is 2.01. The van der Waals surface area contributed by atoms with Crippen molar-refractivity contribution < 1.29 is 14.7 Å². The summed E-state index contributed by atoms with van der Waals surface area (Å²) < 4.78 is 0. The molecule has 5 heteroatoms. The molecule has 0 fully saturated rings. The van der Waals surface area contributed by atoms with E-state index >= 15 is 0 Å². The summed E-state index contributed by atoms with van der Waals surface area (Å²) >= 11 is 0. The number of nitrogens with one attached hydrogen (secondary N) is 1. The van der Waals surface area contributed by atoms with Gasteiger partial charge in [-0.05, 0) is 20.5 Å². The molecule has 0 saturated carbocycles. The lowest BCUT2D eigenvalue weighted by atomic mass is 10.1. The molecule has 0 aromatic rings. The molecule has 0 aliphatic carbocycles. The highest BCUT2D eigenvalue weighted by atomic mass is 16.4. The van der Waals surface area contributed by atoms with Crippen molar-refractivity contribution in [2.45, 2.75) is 19.8 Å². The number of primary amides is 1. The second kappa shape index (κ2) is 9.73. The monoisotopic (exact) mass is 202 g/mol. The lowest BCUT2D eigenvalue weighted by Gasteiger charge is -1.96. The van der Waals surface area contributed by atoms with Crippen LogP contribution in [0.15, 0.2) is 11.6 Å². The van der Waals surface area contributed by atoms with Crippen LogP contribution in [0.1, 0.15) is 19.8 Å². The van der Waals surface area contributed by atoms with E-state index in [9.17, 15) is 9.59 Å². The van der Waals surface area contributed by atoms with Crippen LogP contribution in [0.3, 0.4) is 0 Å². The summed E-state index contributed by atoms with van der Waals surface area (Å²) in [4.78, 5) is 20.6. The summed E-state index contributed by atoms with van der Waals surface area (Å²) in [6.45, 7) is 1.83. The second-order valence-electron chi connectivity index (χ2n) is 2.63. The van der Waals surface area contributed by atoms with E-state index in [2.05, 4.69) is 5.32 Å². The minimum Gasteiger partial charge on any atom is -0.478 e. The van der Waals surface area contributed by atoms with E-state index in [0.717, 1.165) is 6.08 Å². The maximum Gasteiger partial charge on any atom is 0.331 e. The number of hydrogen-bond donors (Lipinski definition) is 3. The van der Waals surface area contributed by atoms with E-state index in [1.165, 1.54) is 0 Å². The van der Waals surface area contributed by atoms with Crippen LogP contribution in [0.5, 0.6) is 0 Å². The summed E-state index contributed by atoms with van der Waals surface area (Å²) in [5, 5.41) is 11.2. The third-order valence-electron chi connectivity index (χ3n) is 1.11. The van der Waals surface area contributed by atoms with Gasteiger partial charge in [-0.15, -0.1) is 0 Å². The highest BCUT2D eigenvalue weighted by molar-refractivity contribution is 5.96. The van der Waals surface area contributed by atoms with Crippen molar-refractivity contribution in [3.05, 3.63) is 11.6 Å². The van der Waals surface area contributed by atoms with Crippen LogP contribution in [0, 0.1) is 0 Å². The average Bonchev–Trinajstić information content (AvgIpc) is 2.04. The second-order valence-corrected chi connectivity index (χ2v) is 2.63. The topological polar surface area (TPSA) is 92.4 Å². The van der Waals surface area contributed by atoms with Gasteiger partial charge in [0.1, 0.15) is 0 Å². The highest BCUT2D eigenvalue weighted by Gasteiger charge is 2.06. The van der Waals surface area contributed by atoms with Gasteiger partial charge >= 0.3 is 5.97 Å². The number of amides is 1. The van der Waals surface area contributed by atoms with E-state index in [-0.39, 0.29) is 5.57 Å². The van der Waals surface area contributed by atoms with Gasteiger partial charge in [-0.25, -0.2) is 4.79 Å². The molecule has 0 aromatic carbocycles. The molecule has 4 N–H and O–H groups in total. The van der Waals surface area contributed by atoms with Crippen LogP contribution in [0.4, 0.5) is 0 Å². The summed E-state index contributed by atoms with van der Waals surface area (Å²) in [6, 6.07) is 0. The Morgan fingerprint density at radius 3 is 2.07 bits per heavy atom. The van der Waals surface area contributed by atoms with Crippen molar-refractivity contribution in [1.82, 2.24) is 5.32 Å². The van der Waals surface area contributed by atoms with Gasteiger partial charge in [-0.3, -0.25) is 4.79 Å². The molecule has 82 valence electrons. The van der Waals surface area contributed by atoms with Crippen LogP contribution in [0.25, 0.3) is 0 Å². The fourth-order valence-corrected chi connectivity index (χ4v) is 0.682. The third-order valence-corrected chi connectivity index (χ3v) is 1.11. The summed E-state index contributed by atoms with van der Waals surface area (Å²) in [5.41, 5.74) is 4.85. The normalized spacial score (nSPS) is 10.1. The molecule has 0 atom stereocenters. The first-order valence-electron chi connectivity index (χ1n) is 4.31. The van der Waals surface area contributed by atoms with Gasteiger partial charge in [0.25, 0.3) is 0 Å². The summed E-state index contributed by atoms with van der Waals surface area (Å²) in [5.74, 6) is -1.79. The van der Waals surface area contributed by atoms with Crippen LogP contribution in [-0.2, 0) is 9.59 Å². The van der Waals surface area contributed by atoms with Crippen LogP contribution in [-0.4, -0.2) is 31.1 Å². The predicted octanol–water partition coefficient (Wildman–Crippen LogP) is 0.118. The van der Waals surface area contributed by atoms with E-state index in [4.69, 9.17) is 10.8 Å². The highest BCUT2D eigenvalue weighted by Crippen LogP contribution is 2.03. The molecule has 0 saturated heterocycles. The molecule has 0 heterocycles. The minimum atomic E-state index is -1.08. The fourth-order valence-electron chi connectivity index (χ4n) is 0.682. The largest absolute Gasteiger partial charge is 0.478 e. The molecule has 0 bridgehead atoms. The fraction of sp³-hybridized carbons (Fsp3) is 0.556. The SMILES string of the molecule is CCC/C(=C/C(N)=O)C(=O)O.CNC. The average molecular weight is 202 g/mol. The van der Waals surface area contributed by atoms with E-state index < -0.39 is 11.9 Å². The minimum absolute atomic E-state index is 0.0694. The Hall–Kier alpha value is -1.36. The molecule has 1 amide bonds. The van der Waals surface area contributed by atoms with Gasteiger partial charge in [-0.2, -0.15) is 0 Å². The Balaban J connectivity index is 0. The Bertz CT molecular complexity index is 212. The maximum absolute atomic E-state index is 10.3. The summed E-state index contributed by atoms with van der Waals surface area (Å²) in [7, 11) is 3.75. The number of carboxylic acids is 1. The van der Waals surface area contributed by atoms with Crippen molar-refractivity contribution in [2.24, 2.45) is 5.73 Å². The van der Waals surface area contributed by atoms with Gasteiger partial charge in [0.05, 0.1) is 0 Å². The number of carboxylic acid groups (broad SMARTS) is 1. The van der Waals surface area contributed by atoms with Crippen molar-refractivity contribution in [1.29, 1.82) is 0 Å². The van der Waals surface area contributed by atoms with Crippen molar-refractivity contribution in [2.75, 3.05) is 14.1 Å². The van der Waals surface area contributed by atoms with Gasteiger partial charge < -0.3 is 16.2 Å². The van der Waals surface area contributed by atoms with Crippen LogP contribution in [0.2, 0.25) is 0 Å². The molecule has 0 aliphatic rings. The molecule has 0 spiro atoms.